The van der Waals surface area contributed by atoms with Crippen molar-refractivity contribution in [2.75, 3.05) is 85.4 Å². The zero-order valence-electron chi connectivity index (χ0n) is 52.3. The number of pyridine rings is 3. The summed E-state index contributed by atoms with van der Waals surface area (Å²) in [6, 6.07) is 39.4. The first kappa shape index (κ1) is 70.9. The molecule has 6 amide bonds. The van der Waals surface area contributed by atoms with E-state index in [2.05, 4.69) is 46.9 Å². The van der Waals surface area contributed by atoms with Gasteiger partial charge in [0.25, 0.3) is 35.4 Å². The smallest absolute Gasteiger partial charge is 0.259 e. The lowest BCUT2D eigenvalue weighted by Gasteiger charge is -2.29. The Bertz CT molecular complexity index is 4430. The van der Waals surface area contributed by atoms with Crippen molar-refractivity contribution in [3.8, 4) is 0 Å². The SMILES string of the molecule is CN(C)C(=N)c1ccc(C(=O)Nc2ccc(F)cc2C(=O)Nc2ccc(Cl)cn2)cc1.N=C(c1ccc(C(=O)Nc2ccc(F)cc2C(=O)Nc2ccc(Cl)cn2)cc1)N1CCCC1.N=C(c1ccc(C(=O)Nc2ccc(F)cc2C(=O)Nc2ccc(Cl)cn2)cc1)N1CCOCC1. The van der Waals surface area contributed by atoms with Gasteiger partial charge in [-0.25, -0.2) is 28.1 Å². The minimum atomic E-state index is -0.640. The van der Waals surface area contributed by atoms with Crippen LogP contribution in [0.1, 0.15) is 91.7 Å². The maximum Gasteiger partial charge on any atom is 0.259 e. The van der Waals surface area contributed by atoms with Gasteiger partial charge in [0.15, 0.2) is 0 Å². The van der Waals surface area contributed by atoms with Crippen molar-refractivity contribution < 1.29 is 46.7 Å². The summed E-state index contributed by atoms with van der Waals surface area (Å²) >= 11 is 17.4. The van der Waals surface area contributed by atoms with E-state index in [0.29, 0.717) is 86.7 Å². The van der Waals surface area contributed by atoms with Crippen LogP contribution in [0.2, 0.25) is 15.1 Å². The largest absolute Gasteiger partial charge is 0.378 e. The van der Waals surface area contributed by atoms with E-state index in [9.17, 15) is 41.9 Å². The molecule has 11 rings (SSSR count). The number of nitrogens with zero attached hydrogens (tertiary/aromatic N) is 6. The minimum Gasteiger partial charge on any atom is -0.378 e. The average molecular weight is 1390 g/mol. The van der Waals surface area contributed by atoms with Gasteiger partial charge in [-0.3, -0.25) is 45.0 Å². The van der Waals surface area contributed by atoms with E-state index in [0.717, 1.165) is 67.9 Å². The Hall–Kier alpha value is -11.4. The molecule has 98 heavy (non-hydrogen) atoms. The Labute approximate surface area is 575 Å². The summed E-state index contributed by atoms with van der Waals surface area (Å²) in [5.41, 5.74) is 3.33. The van der Waals surface area contributed by atoms with Crippen LogP contribution in [-0.2, 0) is 4.74 Å². The van der Waals surface area contributed by atoms with Crippen molar-refractivity contribution in [2.45, 2.75) is 12.8 Å². The molecule has 2 fully saturated rings. The minimum absolute atomic E-state index is 0.0486. The standard InChI is InChI=1S/C24H21ClFN5O3.C24H21ClFN5O2.C22H19ClFN5O2/c25-17-5-8-21(28-14-17)30-24(33)19-13-18(26)6-7-20(19)29-23(32)16-3-1-15(2-4-16)22(27)31-9-11-34-12-10-31;25-17-7-10-21(28-14-17)30-24(33)19-13-18(26)8-9-20(19)29-23(32)16-5-3-15(4-6-16)22(27)31-11-1-2-12-31;1-29(2)20(25)13-3-5-14(6-4-13)21(30)27-18-9-8-16(24)11-17(18)22(31)28-19-10-7-15(23)12-26-19/h1-8,13-14,27H,9-12H2,(H,29,32)(H,28,30,33);3-10,13-14,27H,1-2,11-12H2,(H,29,32)(H,28,30,33);3-12,25H,1-2H3,(H,27,30)(H,26,28,31). The van der Waals surface area contributed by atoms with Crippen molar-refractivity contribution in [3.63, 3.8) is 0 Å². The molecule has 9 aromatic rings. The molecule has 6 aromatic carbocycles. The maximum absolute atomic E-state index is 13.9. The highest BCUT2D eigenvalue weighted by atomic mass is 35.5. The predicted octanol–water partition coefficient (Wildman–Crippen LogP) is 13.1. The number of nitrogens with one attached hydrogen (secondary N) is 9. The first-order chi connectivity index (χ1) is 47.0. The third-order valence-corrected chi connectivity index (χ3v) is 15.5. The molecule has 0 atom stereocenters. The van der Waals surface area contributed by atoms with Crippen LogP contribution in [0.3, 0.4) is 0 Å². The van der Waals surface area contributed by atoms with E-state index in [1.54, 1.807) is 110 Å². The number of hydrogen-bond acceptors (Lipinski definition) is 13. The van der Waals surface area contributed by atoms with Gasteiger partial charge in [-0.15, -0.1) is 0 Å². The molecule has 500 valence electrons. The Morgan fingerprint density at radius 2 is 0.694 bits per heavy atom. The topological polar surface area (TPSA) is 304 Å². The van der Waals surface area contributed by atoms with Crippen LogP contribution < -0.4 is 31.9 Å². The van der Waals surface area contributed by atoms with Crippen molar-refractivity contribution in [2.24, 2.45) is 0 Å². The number of anilines is 6. The molecular formula is C70H61Cl3F3N15O7. The number of amides is 6. The fraction of sp³-hybridized carbons (Fsp3) is 0.143. The molecule has 2 saturated heterocycles. The Morgan fingerprint density at radius 1 is 0.398 bits per heavy atom. The average Bonchev–Trinajstić information content (AvgIpc) is 0.907. The Balaban J connectivity index is 0.000000172. The van der Waals surface area contributed by atoms with Crippen molar-refractivity contribution >= 4 is 122 Å². The number of carbonyl (C=O) groups excluding carboxylic acids is 6. The number of aromatic nitrogens is 3. The molecule has 0 saturated carbocycles. The van der Waals surface area contributed by atoms with Crippen LogP contribution in [0.4, 0.5) is 47.7 Å². The lowest BCUT2D eigenvalue weighted by Crippen LogP contribution is -2.40. The van der Waals surface area contributed by atoms with Gasteiger partial charge in [-0.2, -0.15) is 0 Å². The maximum atomic E-state index is 13.9. The van der Waals surface area contributed by atoms with Crippen LogP contribution in [0.15, 0.2) is 182 Å². The van der Waals surface area contributed by atoms with Gasteiger partial charge in [0, 0.05) is 92.2 Å². The predicted molar refractivity (Wildman–Crippen MR) is 371 cm³/mol. The zero-order chi connectivity index (χ0) is 70.0. The van der Waals surface area contributed by atoms with E-state index >= 15 is 0 Å². The van der Waals surface area contributed by atoms with Gasteiger partial charge in [0.2, 0.25) is 0 Å². The van der Waals surface area contributed by atoms with Gasteiger partial charge in [0.05, 0.1) is 62.0 Å². The monoisotopic (exact) mass is 1390 g/mol. The number of carbonyl (C=O) groups is 6. The summed E-state index contributed by atoms with van der Waals surface area (Å²) in [6.07, 6.45) is 6.26. The van der Waals surface area contributed by atoms with Crippen molar-refractivity contribution in [3.05, 3.63) is 265 Å². The second-order valence-corrected chi connectivity index (χ2v) is 23.2. The molecule has 5 heterocycles. The van der Waals surface area contributed by atoms with Crippen molar-refractivity contribution in [1.29, 1.82) is 16.2 Å². The summed E-state index contributed by atoms with van der Waals surface area (Å²) in [6.45, 7) is 4.16. The summed E-state index contributed by atoms with van der Waals surface area (Å²) < 4.78 is 46.8. The fourth-order valence-corrected chi connectivity index (χ4v) is 9.95. The number of morpholine rings is 1. The summed E-state index contributed by atoms with van der Waals surface area (Å²) in [7, 11) is 3.51. The number of amidine groups is 3. The first-order valence-corrected chi connectivity index (χ1v) is 31.1. The molecule has 3 aromatic heterocycles. The molecule has 0 unspecified atom stereocenters. The summed E-state index contributed by atoms with van der Waals surface area (Å²) in [5.74, 6) is -3.39. The molecule has 9 N–H and O–H groups in total. The van der Waals surface area contributed by atoms with E-state index in [-0.39, 0.29) is 51.2 Å². The molecule has 22 nitrogen and oxygen atoms in total. The van der Waals surface area contributed by atoms with Crippen LogP contribution >= 0.6 is 34.8 Å². The van der Waals surface area contributed by atoms with Crippen LogP contribution in [0, 0.1) is 33.7 Å². The summed E-state index contributed by atoms with van der Waals surface area (Å²) in [4.78, 5) is 93.8. The number of benzene rings is 6. The van der Waals surface area contributed by atoms with E-state index in [1.165, 1.54) is 55.0 Å². The Morgan fingerprint density at radius 3 is 0.990 bits per heavy atom. The Kier molecular flexibility index (Phi) is 24.1. The number of likely N-dealkylation sites (tertiary alicyclic amines) is 1. The fourth-order valence-electron chi connectivity index (χ4n) is 9.61. The second-order valence-electron chi connectivity index (χ2n) is 21.8. The van der Waals surface area contributed by atoms with E-state index < -0.39 is 52.9 Å². The molecule has 0 radical (unpaired) electrons. The van der Waals surface area contributed by atoms with Crippen LogP contribution in [-0.4, -0.2) is 136 Å². The molecular weight excluding hydrogens is 1330 g/mol. The third kappa shape index (κ3) is 19.4. The molecule has 2 aliphatic rings. The van der Waals surface area contributed by atoms with Gasteiger partial charge in [0.1, 0.15) is 52.4 Å². The van der Waals surface area contributed by atoms with Gasteiger partial charge in [-0.1, -0.05) is 71.2 Å². The molecule has 0 bridgehead atoms. The highest BCUT2D eigenvalue weighted by Crippen LogP contribution is 2.25. The van der Waals surface area contributed by atoms with Crippen LogP contribution in [0.25, 0.3) is 0 Å². The third-order valence-electron chi connectivity index (χ3n) is 14.8. The van der Waals surface area contributed by atoms with E-state index in [1.807, 2.05) is 9.80 Å². The van der Waals surface area contributed by atoms with Gasteiger partial charge < -0.3 is 51.3 Å². The van der Waals surface area contributed by atoms with Gasteiger partial charge in [-0.05, 0) is 140 Å². The lowest BCUT2D eigenvalue weighted by atomic mass is 10.1. The normalized spacial score (nSPS) is 12.2. The van der Waals surface area contributed by atoms with Crippen molar-refractivity contribution in [1.82, 2.24) is 29.7 Å². The quantitative estimate of drug-likeness (QED) is 0.0341. The summed E-state index contributed by atoms with van der Waals surface area (Å²) in [5, 5.41) is 41.5. The molecule has 28 heteroatoms. The second kappa shape index (κ2) is 33.3. The van der Waals surface area contributed by atoms with Gasteiger partial charge >= 0.3 is 0 Å². The van der Waals surface area contributed by atoms with E-state index in [4.69, 9.17) is 55.8 Å². The molecule has 2 aliphatic heterocycles. The van der Waals surface area contributed by atoms with Crippen LogP contribution in [0.5, 0.6) is 0 Å². The first-order valence-electron chi connectivity index (χ1n) is 30.0. The number of hydrogen-bond donors (Lipinski definition) is 9. The number of rotatable bonds is 15. The highest BCUT2D eigenvalue weighted by Gasteiger charge is 2.23. The highest BCUT2D eigenvalue weighted by molar-refractivity contribution is 6.31. The number of halogens is 6. The zero-order valence-corrected chi connectivity index (χ0v) is 54.6. The molecule has 0 spiro atoms. The lowest BCUT2D eigenvalue weighted by molar-refractivity contribution is 0.0680. The number of ether oxygens (including phenoxy) is 1. The molecule has 0 aliphatic carbocycles.